The van der Waals surface area contributed by atoms with E-state index in [1.54, 1.807) is 12.1 Å². The molecular formula is C14H18BrFN2. The van der Waals surface area contributed by atoms with Gasteiger partial charge >= 0.3 is 0 Å². The summed E-state index contributed by atoms with van der Waals surface area (Å²) in [6, 6.07) is 5.58. The Labute approximate surface area is 116 Å². The summed E-state index contributed by atoms with van der Waals surface area (Å²) in [6.45, 7) is 4.29. The van der Waals surface area contributed by atoms with E-state index in [9.17, 15) is 4.39 Å². The molecule has 1 saturated carbocycles. The van der Waals surface area contributed by atoms with E-state index in [1.807, 2.05) is 6.07 Å². The molecule has 0 amide bonds. The van der Waals surface area contributed by atoms with Crippen LogP contribution in [0.15, 0.2) is 22.7 Å². The zero-order valence-corrected chi connectivity index (χ0v) is 11.9. The van der Waals surface area contributed by atoms with Gasteiger partial charge in [0.25, 0.3) is 0 Å². The first-order chi connectivity index (χ1) is 8.75. The van der Waals surface area contributed by atoms with Gasteiger partial charge in [0.05, 0.1) is 0 Å². The van der Waals surface area contributed by atoms with Crippen LogP contribution in [0, 0.1) is 11.7 Å². The lowest BCUT2D eigenvalue weighted by molar-refractivity contribution is 0.155. The molecule has 1 aliphatic carbocycles. The first-order valence-corrected chi connectivity index (χ1v) is 7.45. The Hall–Kier alpha value is -0.450. The van der Waals surface area contributed by atoms with E-state index in [-0.39, 0.29) is 5.82 Å². The Kier molecular flexibility index (Phi) is 3.68. The molecule has 1 aromatic carbocycles. The maximum atomic E-state index is 13.2. The van der Waals surface area contributed by atoms with Gasteiger partial charge in [-0.25, -0.2) is 4.39 Å². The molecule has 1 aliphatic heterocycles. The third-order valence-corrected chi connectivity index (χ3v) is 4.58. The minimum absolute atomic E-state index is 0.166. The standard InChI is InChI=1S/C14H18BrFN2/c15-13-9-11(16)3-4-12(13)14(10-1-2-10)18-7-5-17-6-8-18/h3-4,9-10,14,17H,1-2,5-8H2/t14-/m1/s1. The van der Waals surface area contributed by atoms with Gasteiger partial charge < -0.3 is 5.32 Å². The lowest BCUT2D eigenvalue weighted by atomic mass is 10.00. The molecule has 0 bridgehead atoms. The molecule has 18 heavy (non-hydrogen) atoms. The molecule has 0 spiro atoms. The summed E-state index contributed by atoms with van der Waals surface area (Å²) in [7, 11) is 0. The van der Waals surface area contributed by atoms with Crippen LogP contribution in [0.5, 0.6) is 0 Å². The fourth-order valence-electron chi connectivity index (χ4n) is 2.86. The molecular weight excluding hydrogens is 295 g/mol. The Morgan fingerprint density at radius 1 is 1.28 bits per heavy atom. The van der Waals surface area contributed by atoms with Crippen LogP contribution in [-0.4, -0.2) is 31.1 Å². The second kappa shape index (κ2) is 5.27. The van der Waals surface area contributed by atoms with Crippen LogP contribution >= 0.6 is 15.9 Å². The van der Waals surface area contributed by atoms with Crippen molar-refractivity contribution in [2.24, 2.45) is 5.92 Å². The molecule has 3 rings (SSSR count). The SMILES string of the molecule is Fc1ccc([C@@H](C2CC2)N2CCNCC2)c(Br)c1. The lowest BCUT2D eigenvalue weighted by Crippen LogP contribution is -2.45. The highest BCUT2D eigenvalue weighted by atomic mass is 79.9. The first-order valence-electron chi connectivity index (χ1n) is 6.65. The number of halogens is 2. The zero-order valence-electron chi connectivity index (χ0n) is 10.3. The van der Waals surface area contributed by atoms with Crippen molar-refractivity contribution in [3.8, 4) is 0 Å². The third kappa shape index (κ3) is 2.60. The van der Waals surface area contributed by atoms with Crippen molar-refractivity contribution in [2.75, 3.05) is 26.2 Å². The molecule has 98 valence electrons. The van der Waals surface area contributed by atoms with E-state index in [0.717, 1.165) is 36.6 Å². The summed E-state index contributed by atoms with van der Waals surface area (Å²) >= 11 is 3.53. The van der Waals surface area contributed by atoms with Gasteiger partial charge in [-0.3, -0.25) is 4.90 Å². The Morgan fingerprint density at radius 3 is 2.61 bits per heavy atom. The van der Waals surface area contributed by atoms with Crippen LogP contribution in [0.1, 0.15) is 24.4 Å². The largest absolute Gasteiger partial charge is 0.314 e. The molecule has 1 heterocycles. The van der Waals surface area contributed by atoms with E-state index in [1.165, 1.54) is 18.4 Å². The summed E-state index contributed by atoms with van der Waals surface area (Å²) < 4.78 is 14.1. The highest BCUT2D eigenvalue weighted by Gasteiger charge is 2.37. The van der Waals surface area contributed by atoms with Gasteiger partial charge in [-0.05, 0) is 36.5 Å². The molecule has 0 radical (unpaired) electrons. The second-order valence-electron chi connectivity index (χ2n) is 5.23. The first kappa shape index (κ1) is 12.6. The molecule has 1 N–H and O–H groups in total. The van der Waals surface area contributed by atoms with E-state index in [2.05, 4.69) is 26.1 Å². The van der Waals surface area contributed by atoms with Crippen LogP contribution in [0.3, 0.4) is 0 Å². The van der Waals surface area contributed by atoms with Crippen molar-refractivity contribution in [3.05, 3.63) is 34.1 Å². The number of rotatable bonds is 3. The molecule has 0 aromatic heterocycles. The van der Waals surface area contributed by atoms with Gasteiger partial charge in [-0.1, -0.05) is 22.0 Å². The predicted octanol–water partition coefficient (Wildman–Crippen LogP) is 2.94. The van der Waals surface area contributed by atoms with Gasteiger partial charge in [0.1, 0.15) is 5.82 Å². The number of benzene rings is 1. The van der Waals surface area contributed by atoms with Crippen molar-refractivity contribution in [3.63, 3.8) is 0 Å². The normalized spacial score (nSPS) is 23.0. The van der Waals surface area contributed by atoms with Gasteiger partial charge in [-0.2, -0.15) is 0 Å². The monoisotopic (exact) mass is 312 g/mol. The Balaban J connectivity index is 1.88. The van der Waals surface area contributed by atoms with E-state index in [4.69, 9.17) is 0 Å². The number of hydrogen-bond donors (Lipinski definition) is 1. The van der Waals surface area contributed by atoms with Crippen LogP contribution in [0.25, 0.3) is 0 Å². The van der Waals surface area contributed by atoms with Crippen LogP contribution in [0.2, 0.25) is 0 Å². The minimum Gasteiger partial charge on any atom is -0.314 e. The van der Waals surface area contributed by atoms with Crippen molar-refractivity contribution in [1.29, 1.82) is 0 Å². The summed E-state index contributed by atoms with van der Waals surface area (Å²) in [6.07, 6.45) is 2.61. The number of nitrogens with one attached hydrogen (secondary N) is 1. The van der Waals surface area contributed by atoms with Crippen molar-refractivity contribution in [2.45, 2.75) is 18.9 Å². The van der Waals surface area contributed by atoms with E-state index >= 15 is 0 Å². The molecule has 1 aromatic rings. The maximum absolute atomic E-state index is 13.2. The molecule has 1 atom stereocenters. The van der Waals surface area contributed by atoms with Crippen molar-refractivity contribution < 1.29 is 4.39 Å². The highest BCUT2D eigenvalue weighted by molar-refractivity contribution is 9.10. The topological polar surface area (TPSA) is 15.3 Å². The lowest BCUT2D eigenvalue weighted by Gasteiger charge is -2.36. The number of nitrogens with zero attached hydrogens (tertiary/aromatic N) is 1. The average Bonchev–Trinajstić information content (AvgIpc) is 3.18. The van der Waals surface area contributed by atoms with Crippen LogP contribution < -0.4 is 5.32 Å². The minimum atomic E-state index is -0.166. The molecule has 1 saturated heterocycles. The maximum Gasteiger partial charge on any atom is 0.124 e. The summed E-state index contributed by atoms with van der Waals surface area (Å²) in [4.78, 5) is 2.55. The van der Waals surface area contributed by atoms with Crippen molar-refractivity contribution >= 4 is 15.9 Å². The van der Waals surface area contributed by atoms with E-state index < -0.39 is 0 Å². The predicted molar refractivity (Wildman–Crippen MR) is 74.0 cm³/mol. The molecule has 0 unspecified atom stereocenters. The fourth-order valence-corrected chi connectivity index (χ4v) is 3.45. The Bertz CT molecular complexity index is 428. The van der Waals surface area contributed by atoms with Crippen LogP contribution in [0.4, 0.5) is 4.39 Å². The number of piperazine rings is 1. The number of hydrogen-bond acceptors (Lipinski definition) is 2. The molecule has 4 heteroatoms. The quantitative estimate of drug-likeness (QED) is 0.923. The van der Waals surface area contributed by atoms with Crippen LogP contribution in [-0.2, 0) is 0 Å². The van der Waals surface area contributed by atoms with Crippen molar-refractivity contribution in [1.82, 2.24) is 10.2 Å². The van der Waals surface area contributed by atoms with Gasteiger partial charge in [0.15, 0.2) is 0 Å². The van der Waals surface area contributed by atoms with Gasteiger partial charge in [-0.15, -0.1) is 0 Å². The Morgan fingerprint density at radius 2 is 2.00 bits per heavy atom. The molecule has 2 fully saturated rings. The smallest absolute Gasteiger partial charge is 0.124 e. The third-order valence-electron chi connectivity index (χ3n) is 3.89. The molecule has 2 nitrogen and oxygen atoms in total. The summed E-state index contributed by atoms with van der Waals surface area (Å²) in [5, 5.41) is 3.39. The van der Waals surface area contributed by atoms with Gasteiger partial charge in [0, 0.05) is 36.7 Å². The average molecular weight is 313 g/mol. The summed E-state index contributed by atoms with van der Waals surface area (Å²) in [5.74, 6) is 0.588. The fraction of sp³-hybridized carbons (Fsp3) is 0.571. The van der Waals surface area contributed by atoms with Gasteiger partial charge in [0.2, 0.25) is 0 Å². The zero-order chi connectivity index (χ0) is 12.5. The summed E-state index contributed by atoms with van der Waals surface area (Å²) in [5.41, 5.74) is 1.25. The van der Waals surface area contributed by atoms with E-state index in [0.29, 0.717) is 6.04 Å². The molecule has 2 aliphatic rings. The highest BCUT2D eigenvalue weighted by Crippen LogP contribution is 2.46. The second-order valence-corrected chi connectivity index (χ2v) is 6.09.